The number of sulfonamides is 1. The quantitative estimate of drug-likeness (QED) is 0.135. The smallest absolute Gasteiger partial charge is 0.336 e. The molecule has 1 aliphatic carbocycles. The maximum atomic E-state index is 14.8. The highest BCUT2D eigenvalue weighted by atomic mass is 32.2. The molecule has 0 unspecified atom stereocenters. The summed E-state index contributed by atoms with van der Waals surface area (Å²) in [5, 5.41) is 20.2. The number of fused-ring (bicyclic) bond motifs is 1. The summed E-state index contributed by atoms with van der Waals surface area (Å²) in [5.41, 5.74) is -0.0589. The predicted molar refractivity (Wildman–Crippen MR) is 186 cm³/mol. The van der Waals surface area contributed by atoms with E-state index < -0.39 is 62.1 Å². The van der Waals surface area contributed by atoms with Gasteiger partial charge in [-0.25, -0.2) is 22.7 Å². The SMILES string of the molecule is O=C(O)c1cc(C(=O)O)c(C(=O)N(Cc2cccc(Oc3ccccc3)c2)[C@H]2CCCc3ccccc32)cc1C(=O)NS(=O)(=O)c1ccccc1. The average molecular weight is 705 g/mol. The minimum atomic E-state index is -4.46. The van der Waals surface area contributed by atoms with Crippen LogP contribution in [-0.4, -0.2) is 47.3 Å². The number of aryl methyl sites for hydroxylation is 1. The van der Waals surface area contributed by atoms with E-state index in [1.54, 1.807) is 42.5 Å². The Hall–Kier alpha value is -6.27. The standard InChI is InChI=1S/C39H32N2O9S/c42-36(40-51(48,49)29-17-5-2-6-18-29)31-22-32(34(39(46)47)23-33(31)38(44)45)37(43)41(35-20-10-13-26-12-7-8-19-30(26)35)24-25-11-9-16-28(21-25)50-27-14-3-1-4-15-27/h1-9,11-12,14-19,21-23,35H,10,13,20,24H2,(H,40,42)(H,44,45)(H,46,47)/t35-/m0/s1. The summed E-state index contributed by atoms with van der Waals surface area (Å²) >= 11 is 0. The maximum Gasteiger partial charge on any atom is 0.336 e. The van der Waals surface area contributed by atoms with Crippen molar-refractivity contribution in [1.82, 2.24) is 9.62 Å². The number of nitrogens with zero attached hydrogens (tertiary/aromatic N) is 1. The fourth-order valence-electron chi connectivity index (χ4n) is 6.21. The number of carboxylic acid groups (broad SMARTS) is 2. The van der Waals surface area contributed by atoms with Crippen molar-refractivity contribution in [3.63, 3.8) is 0 Å². The van der Waals surface area contributed by atoms with Crippen molar-refractivity contribution < 1.29 is 42.5 Å². The van der Waals surface area contributed by atoms with Crippen LogP contribution in [0.4, 0.5) is 0 Å². The van der Waals surface area contributed by atoms with Gasteiger partial charge in [-0.2, -0.15) is 0 Å². The Bertz CT molecular complexity index is 2240. The molecule has 0 saturated heterocycles. The van der Waals surface area contributed by atoms with Crippen molar-refractivity contribution in [1.29, 1.82) is 0 Å². The van der Waals surface area contributed by atoms with Gasteiger partial charge in [0.25, 0.3) is 21.8 Å². The second kappa shape index (κ2) is 14.7. The largest absolute Gasteiger partial charge is 0.478 e. The zero-order valence-corrected chi connectivity index (χ0v) is 27.9. The highest BCUT2D eigenvalue weighted by molar-refractivity contribution is 7.90. The molecule has 12 heteroatoms. The van der Waals surface area contributed by atoms with E-state index in [-0.39, 0.29) is 11.4 Å². The molecule has 0 spiro atoms. The molecule has 258 valence electrons. The molecular formula is C39H32N2O9S. The molecule has 0 fully saturated rings. The Balaban J connectivity index is 1.44. The number of hydrogen-bond donors (Lipinski definition) is 3. The lowest BCUT2D eigenvalue weighted by atomic mass is 9.86. The number of ether oxygens (including phenoxy) is 1. The number of aromatic carboxylic acids is 2. The maximum absolute atomic E-state index is 14.8. The van der Waals surface area contributed by atoms with E-state index in [9.17, 15) is 37.8 Å². The van der Waals surface area contributed by atoms with Crippen LogP contribution in [0.15, 0.2) is 126 Å². The molecule has 0 aromatic heterocycles. The lowest BCUT2D eigenvalue weighted by Crippen LogP contribution is -2.38. The highest BCUT2D eigenvalue weighted by Gasteiger charge is 2.34. The lowest BCUT2D eigenvalue weighted by molar-refractivity contribution is 0.0613. The van der Waals surface area contributed by atoms with Crippen LogP contribution >= 0.6 is 0 Å². The normalized spacial score (nSPS) is 13.8. The minimum absolute atomic E-state index is 0.00647. The van der Waals surface area contributed by atoms with Gasteiger partial charge in [-0.1, -0.05) is 72.8 Å². The number of nitrogens with one attached hydrogen (secondary N) is 1. The third kappa shape index (κ3) is 7.66. The Kier molecular flexibility index (Phi) is 9.96. The van der Waals surface area contributed by atoms with Gasteiger partial charge in [-0.05, 0) is 84.5 Å². The summed E-state index contributed by atoms with van der Waals surface area (Å²) in [6.07, 6.45) is 2.06. The number of rotatable bonds is 11. The second-order valence-corrected chi connectivity index (χ2v) is 13.6. The van der Waals surface area contributed by atoms with Gasteiger partial charge in [0.15, 0.2) is 0 Å². The van der Waals surface area contributed by atoms with E-state index in [2.05, 4.69) is 0 Å². The third-order valence-corrected chi connectivity index (χ3v) is 9.93. The number of hydrogen-bond acceptors (Lipinski definition) is 7. The third-order valence-electron chi connectivity index (χ3n) is 8.58. The van der Waals surface area contributed by atoms with Crippen LogP contribution in [0, 0.1) is 0 Å². The molecule has 11 nitrogen and oxygen atoms in total. The highest BCUT2D eigenvalue weighted by Crippen LogP contribution is 2.37. The van der Waals surface area contributed by atoms with E-state index in [0.717, 1.165) is 30.0 Å². The molecule has 0 radical (unpaired) electrons. The Morgan fingerprint density at radius 2 is 1.31 bits per heavy atom. The molecule has 1 atom stereocenters. The van der Waals surface area contributed by atoms with Crippen LogP contribution in [0.25, 0.3) is 0 Å². The fourth-order valence-corrected chi connectivity index (χ4v) is 7.20. The number of carboxylic acids is 2. The van der Waals surface area contributed by atoms with E-state index >= 15 is 0 Å². The topological polar surface area (TPSA) is 167 Å². The fraction of sp³-hybridized carbons (Fsp3) is 0.128. The van der Waals surface area contributed by atoms with Gasteiger partial charge in [0.2, 0.25) is 0 Å². The first-order chi connectivity index (χ1) is 24.5. The first kappa shape index (κ1) is 34.6. The molecule has 2 amide bonds. The molecule has 6 rings (SSSR count). The summed E-state index contributed by atoms with van der Waals surface area (Å²) < 4.78 is 33.9. The zero-order chi connectivity index (χ0) is 36.1. The molecule has 0 heterocycles. The molecule has 5 aromatic carbocycles. The van der Waals surface area contributed by atoms with Gasteiger partial charge in [0.1, 0.15) is 11.5 Å². The van der Waals surface area contributed by atoms with Crippen molar-refractivity contribution in [2.45, 2.75) is 36.7 Å². The average Bonchev–Trinajstić information content (AvgIpc) is 3.13. The number of para-hydroxylation sites is 1. The number of carbonyl (C=O) groups excluding carboxylic acids is 2. The van der Waals surface area contributed by atoms with Gasteiger partial charge in [-0.3, -0.25) is 9.59 Å². The molecule has 5 aromatic rings. The van der Waals surface area contributed by atoms with Crippen LogP contribution in [0.3, 0.4) is 0 Å². The predicted octanol–water partition coefficient (Wildman–Crippen LogP) is 6.71. The first-order valence-corrected chi connectivity index (χ1v) is 17.5. The monoisotopic (exact) mass is 704 g/mol. The van der Waals surface area contributed by atoms with Crippen LogP contribution in [0.2, 0.25) is 0 Å². The summed E-state index contributed by atoms with van der Waals surface area (Å²) in [6, 6.07) is 31.9. The summed E-state index contributed by atoms with van der Waals surface area (Å²) in [5.74, 6) is -4.32. The molecule has 51 heavy (non-hydrogen) atoms. The van der Waals surface area contributed by atoms with Gasteiger partial charge in [0.05, 0.1) is 33.2 Å². The van der Waals surface area contributed by atoms with Gasteiger partial charge < -0.3 is 19.8 Å². The van der Waals surface area contributed by atoms with E-state index in [1.807, 2.05) is 47.2 Å². The summed E-state index contributed by atoms with van der Waals surface area (Å²) in [7, 11) is -4.46. The first-order valence-electron chi connectivity index (χ1n) is 16.0. The Morgan fingerprint density at radius 1 is 0.706 bits per heavy atom. The molecule has 1 aliphatic rings. The van der Waals surface area contributed by atoms with Crippen LogP contribution in [0.1, 0.15) is 77.0 Å². The van der Waals surface area contributed by atoms with E-state index in [0.29, 0.717) is 29.5 Å². The van der Waals surface area contributed by atoms with E-state index in [1.165, 1.54) is 29.2 Å². The molecule has 3 N–H and O–H groups in total. The second-order valence-electron chi connectivity index (χ2n) is 11.9. The number of benzene rings is 5. The van der Waals surface area contributed by atoms with Crippen molar-refractivity contribution in [3.8, 4) is 11.5 Å². The zero-order valence-electron chi connectivity index (χ0n) is 27.1. The summed E-state index contributed by atoms with van der Waals surface area (Å²) in [6.45, 7) is -0.00647. The lowest BCUT2D eigenvalue weighted by Gasteiger charge is -2.36. The van der Waals surface area contributed by atoms with Crippen LogP contribution in [0.5, 0.6) is 11.5 Å². The number of amides is 2. The Morgan fingerprint density at radius 3 is 2.02 bits per heavy atom. The minimum Gasteiger partial charge on any atom is -0.478 e. The van der Waals surface area contributed by atoms with Crippen molar-refractivity contribution >= 4 is 33.8 Å². The number of carbonyl (C=O) groups is 4. The van der Waals surface area contributed by atoms with Crippen molar-refractivity contribution in [2.75, 3.05) is 0 Å². The van der Waals surface area contributed by atoms with Gasteiger partial charge in [-0.15, -0.1) is 0 Å². The van der Waals surface area contributed by atoms with Gasteiger partial charge >= 0.3 is 11.9 Å². The summed E-state index contributed by atoms with van der Waals surface area (Å²) in [4.78, 5) is 54.4. The van der Waals surface area contributed by atoms with Crippen LogP contribution < -0.4 is 9.46 Å². The van der Waals surface area contributed by atoms with Crippen molar-refractivity contribution in [2.24, 2.45) is 0 Å². The van der Waals surface area contributed by atoms with Crippen molar-refractivity contribution in [3.05, 3.63) is 160 Å². The van der Waals surface area contributed by atoms with E-state index in [4.69, 9.17) is 4.74 Å². The molecular weight excluding hydrogens is 673 g/mol. The van der Waals surface area contributed by atoms with Crippen LogP contribution in [-0.2, 0) is 23.0 Å². The Labute approximate surface area is 293 Å². The molecule has 0 bridgehead atoms. The molecule has 0 saturated carbocycles. The van der Waals surface area contributed by atoms with Gasteiger partial charge in [0, 0.05) is 6.54 Å². The molecule has 0 aliphatic heterocycles.